The van der Waals surface area contributed by atoms with Crippen molar-refractivity contribution in [3.63, 3.8) is 0 Å². The van der Waals surface area contributed by atoms with Crippen LogP contribution in [0, 0.1) is 0 Å². The zero-order valence-electron chi connectivity index (χ0n) is 18.8. The van der Waals surface area contributed by atoms with E-state index >= 15 is 0 Å². The second-order valence-electron chi connectivity index (χ2n) is 7.47. The maximum atomic E-state index is 13.6. The highest BCUT2D eigenvalue weighted by atomic mass is 32.2. The molecule has 0 aliphatic carbocycles. The molecule has 0 unspecified atom stereocenters. The van der Waals surface area contributed by atoms with Gasteiger partial charge >= 0.3 is 0 Å². The van der Waals surface area contributed by atoms with Gasteiger partial charge in [0.05, 0.1) is 24.8 Å². The Morgan fingerprint density at radius 3 is 2.21 bits per heavy atom. The summed E-state index contributed by atoms with van der Waals surface area (Å²) in [5.41, 5.74) is 0.833. The lowest BCUT2D eigenvalue weighted by atomic mass is 10.1. The molecule has 4 aromatic rings. The van der Waals surface area contributed by atoms with Gasteiger partial charge in [0.15, 0.2) is 0 Å². The number of ether oxygens (including phenoxy) is 2. The largest absolute Gasteiger partial charge is 0.497 e. The van der Waals surface area contributed by atoms with Crippen LogP contribution in [0.3, 0.4) is 0 Å². The van der Waals surface area contributed by atoms with Crippen molar-refractivity contribution in [1.29, 1.82) is 0 Å². The van der Waals surface area contributed by atoms with Crippen molar-refractivity contribution >= 4 is 38.1 Å². The molecule has 0 spiro atoms. The Balaban J connectivity index is 1.67. The summed E-state index contributed by atoms with van der Waals surface area (Å²) in [5.74, 6) is 0.369. The number of carbonyl (C=O) groups excluding carboxylic acids is 1. The number of para-hydroxylation sites is 2. The molecule has 174 valence electrons. The molecule has 0 fully saturated rings. The van der Waals surface area contributed by atoms with E-state index in [1.54, 1.807) is 42.5 Å². The average Bonchev–Trinajstić information content (AvgIpc) is 2.87. The molecular weight excluding hydrogens is 452 g/mol. The van der Waals surface area contributed by atoms with Gasteiger partial charge in [0.2, 0.25) is 5.91 Å². The van der Waals surface area contributed by atoms with E-state index in [1.807, 2.05) is 36.4 Å². The quantitative estimate of drug-likeness (QED) is 0.399. The molecule has 1 N–H and O–H groups in total. The van der Waals surface area contributed by atoms with Gasteiger partial charge in [-0.2, -0.15) is 0 Å². The molecule has 1 amide bonds. The summed E-state index contributed by atoms with van der Waals surface area (Å²) in [6.07, 6.45) is 0. The molecule has 0 aromatic heterocycles. The fourth-order valence-corrected chi connectivity index (χ4v) is 5.04. The van der Waals surface area contributed by atoms with Crippen molar-refractivity contribution in [2.75, 3.05) is 30.4 Å². The van der Waals surface area contributed by atoms with Crippen molar-refractivity contribution in [2.45, 2.75) is 4.90 Å². The number of hydrogen-bond acceptors (Lipinski definition) is 5. The van der Waals surface area contributed by atoms with Gasteiger partial charge in [-0.1, -0.05) is 42.5 Å². The lowest BCUT2D eigenvalue weighted by Crippen LogP contribution is -2.38. The topological polar surface area (TPSA) is 84.9 Å². The Hall–Kier alpha value is -4.04. The summed E-state index contributed by atoms with van der Waals surface area (Å²) in [6.45, 7) is -0.443. The standard InChI is InChI=1S/C26H24N2O5S/c1-32-22-13-15-23(16-14-22)34(30,31)28(24-9-5-6-10-25(24)33-2)18-26(29)27-21-12-11-19-7-3-4-8-20(19)17-21/h3-17H,18H2,1-2H3,(H,27,29). The fourth-order valence-electron chi connectivity index (χ4n) is 3.61. The fraction of sp³-hybridized carbons (Fsp3) is 0.115. The van der Waals surface area contributed by atoms with Crippen molar-refractivity contribution in [3.05, 3.63) is 91.0 Å². The van der Waals surface area contributed by atoms with E-state index in [9.17, 15) is 13.2 Å². The van der Waals surface area contributed by atoms with Gasteiger partial charge in [0.1, 0.15) is 18.0 Å². The summed E-state index contributed by atoms with van der Waals surface area (Å²) in [6, 6.07) is 26.0. The molecule has 0 heterocycles. The van der Waals surface area contributed by atoms with Crippen LogP contribution in [0.25, 0.3) is 10.8 Å². The third-order valence-corrected chi connectivity index (χ3v) is 7.10. The van der Waals surface area contributed by atoms with Crippen LogP contribution >= 0.6 is 0 Å². The van der Waals surface area contributed by atoms with E-state index in [-0.39, 0.29) is 10.6 Å². The molecule has 7 nitrogen and oxygen atoms in total. The lowest BCUT2D eigenvalue weighted by molar-refractivity contribution is -0.114. The lowest BCUT2D eigenvalue weighted by Gasteiger charge is -2.25. The molecule has 0 radical (unpaired) electrons. The number of benzene rings is 4. The van der Waals surface area contributed by atoms with Crippen LogP contribution in [-0.2, 0) is 14.8 Å². The summed E-state index contributed by atoms with van der Waals surface area (Å²) in [5, 5.41) is 4.81. The molecule has 0 aliphatic heterocycles. The molecule has 4 aromatic carbocycles. The SMILES string of the molecule is COc1ccc(S(=O)(=O)N(CC(=O)Nc2ccc3ccccc3c2)c2ccccc2OC)cc1. The van der Waals surface area contributed by atoms with Gasteiger partial charge in [-0.05, 0) is 59.3 Å². The first kappa shape index (κ1) is 23.1. The third-order valence-electron chi connectivity index (χ3n) is 5.32. The van der Waals surface area contributed by atoms with Crippen LogP contribution in [0.5, 0.6) is 11.5 Å². The monoisotopic (exact) mass is 476 g/mol. The molecule has 4 rings (SSSR count). The molecular formula is C26H24N2O5S. The second kappa shape index (κ2) is 9.84. The predicted molar refractivity (Wildman–Crippen MR) is 133 cm³/mol. The number of methoxy groups -OCH3 is 2. The maximum Gasteiger partial charge on any atom is 0.264 e. The number of sulfonamides is 1. The summed E-state index contributed by atoms with van der Waals surface area (Å²) in [7, 11) is -1.14. The van der Waals surface area contributed by atoms with E-state index in [2.05, 4.69) is 5.32 Å². The number of carbonyl (C=O) groups is 1. The highest BCUT2D eigenvalue weighted by Gasteiger charge is 2.29. The highest BCUT2D eigenvalue weighted by Crippen LogP contribution is 2.32. The minimum absolute atomic E-state index is 0.0257. The highest BCUT2D eigenvalue weighted by molar-refractivity contribution is 7.92. The number of amides is 1. The first-order chi connectivity index (χ1) is 16.4. The van der Waals surface area contributed by atoms with Crippen LogP contribution in [0.15, 0.2) is 95.9 Å². The number of nitrogens with zero attached hydrogens (tertiary/aromatic N) is 1. The van der Waals surface area contributed by atoms with E-state index in [0.717, 1.165) is 15.1 Å². The van der Waals surface area contributed by atoms with Gasteiger partial charge < -0.3 is 14.8 Å². The minimum atomic E-state index is -4.10. The Labute approximate surface area is 198 Å². The first-order valence-electron chi connectivity index (χ1n) is 10.5. The van der Waals surface area contributed by atoms with Crippen molar-refractivity contribution in [1.82, 2.24) is 0 Å². The number of nitrogens with one attached hydrogen (secondary N) is 1. The van der Waals surface area contributed by atoms with Gasteiger partial charge in [-0.15, -0.1) is 0 Å². The number of anilines is 2. The molecule has 0 aliphatic rings. The first-order valence-corrected chi connectivity index (χ1v) is 11.9. The van der Waals surface area contributed by atoms with Gasteiger partial charge in [0.25, 0.3) is 10.0 Å². The smallest absolute Gasteiger partial charge is 0.264 e. The Bertz CT molecular complexity index is 1420. The molecule has 0 atom stereocenters. The third kappa shape index (κ3) is 4.82. The molecule has 34 heavy (non-hydrogen) atoms. The Kier molecular flexibility index (Phi) is 6.70. The van der Waals surface area contributed by atoms with Crippen LogP contribution in [0.4, 0.5) is 11.4 Å². The van der Waals surface area contributed by atoms with E-state index in [1.165, 1.54) is 26.4 Å². The van der Waals surface area contributed by atoms with Crippen LogP contribution in [-0.4, -0.2) is 35.1 Å². The minimum Gasteiger partial charge on any atom is -0.497 e. The maximum absolute atomic E-state index is 13.6. The van der Waals surface area contributed by atoms with Crippen molar-refractivity contribution < 1.29 is 22.7 Å². The molecule has 0 saturated carbocycles. The normalized spacial score (nSPS) is 11.1. The average molecular weight is 477 g/mol. The van der Waals surface area contributed by atoms with Gasteiger partial charge in [0, 0.05) is 5.69 Å². The van der Waals surface area contributed by atoms with E-state index < -0.39 is 22.5 Å². The van der Waals surface area contributed by atoms with E-state index in [0.29, 0.717) is 17.2 Å². The Morgan fingerprint density at radius 1 is 0.824 bits per heavy atom. The Morgan fingerprint density at radius 2 is 1.50 bits per heavy atom. The van der Waals surface area contributed by atoms with Crippen LogP contribution in [0.1, 0.15) is 0 Å². The number of rotatable bonds is 8. The summed E-state index contributed by atoms with van der Waals surface area (Å²) >= 11 is 0. The zero-order valence-corrected chi connectivity index (χ0v) is 19.6. The van der Waals surface area contributed by atoms with Crippen molar-refractivity contribution in [2.24, 2.45) is 0 Å². The summed E-state index contributed by atoms with van der Waals surface area (Å²) < 4.78 is 38.8. The van der Waals surface area contributed by atoms with Crippen molar-refractivity contribution in [3.8, 4) is 11.5 Å². The number of fused-ring (bicyclic) bond motifs is 1. The van der Waals surface area contributed by atoms with Crippen LogP contribution < -0.4 is 19.1 Å². The molecule has 0 bridgehead atoms. The zero-order chi connectivity index (χ0) is 24.1. The van der Waals surface area contributed by atoms with E-state index in [4.69, 9.17) is 9.47 Å². The van der Waals surface area contributed by atoms with Gasteiger partial charge in [-0.25, -0.2) is 8.42 Å². The molecule has 8 heteroatoms. The number of hydrogen-bond donors (Lipinski definition) is 1. The predicted octanol–water partition coefficient (Wildman–Crippen LogP) is 4.69. The van der Waals surface area contributed by atoms with Gasteiger partial charge in [-0.3, -0.25) is 9.10 Å². The summed E-state index contributed by atoms with van der Waals surface area (Å²) in [4.78, 5) is 13.1. The molecule has 0 saturated heterocycles. The van der Waals surface area contributed by atoms with Crippen LogP contribution in [0.2, 0.25) is 0 Å². The second-order valence-corrected chi connectivity index (χ2v) is 9.33.